The van der Waals surface area contributed by atoms with Crippen LogP contribution in [0.25, 0.3) is 0 Å². The molecule has 0 radical (unpaired) electrons. The van der Waals surface area contributed by atoms with Gasteiger partial charge in [0.25, 0.3) is 10.0 Å². The number of alkyl halides is 1. The summed E-state index contributed by atoms with van der Waals surface area (Å²) in [6.07, 6.45) is 8.45. The molecule has 0 amide bonds. The van der Waals surface area contributed by atoms with Crippen molar-refractivity contribution in [3.63, 3.8) is 0 Å². The maximum absolute atomic E-state index is 12.7. The summed E-state index contributed by atoms with van der Waals surface area (Å²) in [5.41, 5.74) is 0. The number of sulfonamides is 1. The third kappa shape index (κ3) is 3.38. The quantitative estimate of drug-likeness (QED) is 0.765. The minimum atomic E-state index is -3.47. The van der Waals surface area contributed by atoms with Crippen LogP contribution in [0.2, 0.25) is 0 Å². The van der Waals surface area contributed by atoms with Gasteiger partial charge in [0.05, 0.1) is 6.33 Å². The zero-order valence-corrected chi connectivity index (χ0v) is 13.5. The van der Waals surface area contributed by atoms with Crippen molar-refractivity contribution in [2.24, 2.45) is 7.05 Å². The Hall–Kier alpha value is -0.400. The fourth-order valence-electron chi connectivity index (χ4n) is 2.59. The predicted molar refractivity (Wildman–Crippen MR) is 77.8 cm³/mol. The van der Waals surface area contributed by atoms with Crippen molar-refractivity contribution in [1.82, 2.24) is 13.9 Å². The lowest BCUT2D eigenvalue weighted by Gasteiger charge is -2.32. The van der Waals surface area contributed by atoms with Crippen molar-refractivity contribution in [2.45, 2.75) is 43.2 Å². The molecule has 7 heteroatoms. The molecule has 0 aliphatic heterocycles. The van der Waals surface area contributed by atoms with Crippen LogP contribution in [-0.2, 0) is 17.1 Å². The Labute approximate surface area is 123 Å². The molecule has 0 unspecified atom stereocenters. The molecule has 1 aromatic heterocycles. The normalized spacial score (nSPS) is 18.1. The van der Waals surface area contributed by atoms with Gasteiger partial charge in [-0.05, 0) is 12.8 Å². The van der Waals surface area contributed by atoms with Crippen molar-refractivity contribution >= 4 is 26.0 Å². The monoisotopic (exact) mass is 349 g/mol. The molecule has 2 rings (SSSR count). The molecule has 0 atom stereocenters. The van der Waals surface area contributed by atoms with Crippen LogP contribution in [0.15, 0.2) is 17.6 Å². The van der Waals surface area contributed by atoms with Crippen molar-refractivity contribution in [3.05, 3.63) is 12.5 Å². The fraction of sp³-hybridized carbons (Fsp3) is 0.750. The Bertz CT molecular complexity index is 509. The zero-order valence-electron chi connectivity index (χ0n) is 11.1. The average Bonchev–Trinajstić information content (AvgIpc) is 2.84. The van der Waals surface area contributed by atoms with Gasteiger partial charge in [0, 0.05) is 31.2 Å². The Kier molecular flexibility index (Phi) is 5.03. The Morgan fingerprint density at radius 2 is 2.11 bits per heavy atom. The summed E-state index contributed by atoms with van der Waals surface area (Å²) in [7, 11) is -1.69. The lowest BCUT2D eigenvalue weighted by molar-refractivity contribution is 0.262. The minimum Gasteiger partial charge on any atom is -0.339 e. The first-order valence-electron chi connectivity index (χ1n) is 6.61. The highest BCUT2D eigenvalue weighted by Gasteiger charge is 2.33. The van der Waals surface area contributed by atoms with Crippen LogP contribution >= 0.6 is 15.9 Å². The van der Waals surface area contributed by atoms with Gasteiger partial charge >= 0.3 is 0 Å². The van der Waals surface area contributed by atoms with Crippen LogP contribution in [0.4, 0.5) is 0 Å². The molecule has 1 aromatic rings. The van der Waals surface area contributed by atoms with Gasteiger partial charge in [0.15, 0.2) is 5.03 Å². The summed E-state index contributed by atoms with van der Waals surface area (Å²) in [6.45, 7) is 0.504. The van der Waals surface area contributed by atoms with Gasteiger partial charge in [-0.3, -0.25) is 0 Å². The van der Waals surface area contributed by atoms with Crippen molar-refractivity contribution in [2.75, 3.05) is 11.9 Å². The number of rotatable bonds is 5. The van der Waals surface area contributed by atoms with E-state index in [0.717, 1.165) is 25.7 Å². The predicted octanol–water partition coefficient (Wildman–Crippen LogP) is 2.14. The van der Waals surface area contributed by atoms with E-state index in [2.05, 4.69) is 20.9 Å². The third-order valence-corrected chi connectivity index (χ3v) is 5.73. The third-order valence-electron chi connectivity index (χ3n) is 3.54. The van der Waals surface area contributed by atoms with E-state index in [4.69, 9.17) is 0 Å². The summed E-state index contributed by atoms with van der Waals surface area (Å²) in [5.74, 6) is 0. The second kappa shape index (κ2) is 6.37. The highest BCUT2D eigenvalue weighted by molar-refractivity contribution is 9.09. The molecular weight excluding hydrogens is 330 g/mol. The Morgan fingerprint density at radius 1 is 1.42 bits per heavy atom. The number of aryl methyl sites for hydroxylation is 1. The molecule has 0 N–H and O–H groups in total. The molecule has 19 heavy (non-hydrogen) atoms. The maximum Gasteiger partial charge on any atom is 0.262 e. The van der Waals surface area contributed by atoms with Gasteiger partial charge in [0.2, 0.25) is 0 Å². The van der Waals surface area contributed by atoms with Crippen LogP contribution < -0.4 is 0 Å². The number of hydrogen-bond donors (Lipinski definition) is 0. The molecular formula is C12H20BrN3O2S. The second-order valence-corrected chi connectivity index (χ2v) is 7.60. The first-order valence-corrected chi connectivity index (χ1v) is 9.17. The highest BCUT2D eigenvalue weighted by atomic mass is 79.9. The molecule has 108 valence electrons. The van der Waals surface area contributed by atoms with Crippen molar-refractivity contribution < 1.29 is 8.42 Å². The number of halogens is 1. The van der Waals surface area contributed by atoms with Crippen LogP contribution in [0.1, 0.15) is 32.1 Å². The molecule has 1 heterocycles. The summed E-state index contributed by atoms with van der Waals surface area (Å²) in [4.78, 5) is 4.00. The number of aromatic nitrogens is 2. The van der Waals surface area contributed by atoms with Crippen LogP contribution in [0.5, 0.6) is 0 Å². The number of hydrogen-bond acceptors (Lipinski definition) is 3. The molecule has 0 spiro atoms. The van der Waals surface area contributed by atoms with E-state index in [1.165, 1.54) is 12.7 Å². The molecule has 0 aromatic carbocycles. The maximum atomic E-state index is 12.7. The highest BCUT2D eigenvalue weighted by Crippen LogP contribution is 2.27. The number of imidazole rings is 1. The SMILES string of the molecule is Cn1cnc(S(=O)(=O)N(CCBr)C2CCCCC2)c1. The standard InChI is InChI=1S/C12H20BrN3O2S/c1-15-9-12(14-10-15)19(17,18)16(8-7-13)11-5-3-2-4-6-11/h9-11H,2-8H2,1H3. The van der Waals surface area contributed by atoms with E-state index in [0.29, 0.717) is 11.9 Å². The van der Waals surface area contributed by atoms with E-state index >= 15 is 0 Å². The van der Waals surface area contributed by atoms with Gasteiger partial charge in [0.1, 0.15) is 0 Å². The Morgan fingerprint density at radius 3 is 2.63 bits per heavy atom. The topological polar surface area (TPSA) is 55.2 Å². The largest absolute Gasteiger partial charge is 0.339 e. The van der Waals surface area contributed by atoms with E-state index in [-0.39, 0.29) is 11.1 Å². The lowest BCUT2D eigenvalue weighted by Crippen LogP contribution is -2.42. The van der Waals surface area contributed by atoms with Crippen LogP contribution in [0.3, 0.4) is 0 Å². The smallest absolute Gasteiger partial charge is 0.262 e. The first-order chi connectivity index (χ1) is 9.05. The minimum absolute atomic E-state index is 0.123. The number of nitrogens with zero attached hydrogens (tertiary/aromatic N) is 3. The van der Waals surface area contributed by atoms with Crippen molar-refractivity contribution in [1.29, 1.82) is 0 Å². The molecule has 1 aliphatic carbocycles. The molecule has 5 nitrogen and oxygen atoms in total. The molecule has 0 saturated heterocycles. The van der Waals surface area contributed by atoms with E-state index in [9.17, 15) is 8.42 Å². The summed E-state index contributed by atoms with van der Waals surface area (Å²) >= 11 is 3.36. The summed E-state index contributed by atoms with van der Waals surface area (Å²) in [6, 6.07) is 0.123. The lowest BCUT2D eigenvalue weighted by atomic mass is 9.95. The van der Waals surface area contributed by atoms with Gasteiger partial charge in [-0.2, -0.15) is 4.31 Å². The molecule has 0 bridgehead atoms. The van der Waals surface area contributed by atoms with E-state index in [1.807, 2.05) is 0 Å². The molecule has 1 aliphatic rings. The Balaban J connectivity index is 2.26. The zero-order chi connectivity index (χ0) is 13.9. The molecule has 1 saturated carbocycles. The van der Waals surface area contributed by atoms with Gasteiger partial charge < -0.3 is 4.57 Å². The summed E-state index contributed by atoms with van der Waals surface area (Å²) < 4.78 is 28.6. The second-order valence-electron chi connectivity index (χ2n) is 4.97. The van der Waals surface area contributed by atoms with E-state index < -0.39 is 10.0 Å². The van der Waals surface area contributed by atoms with Gasteiger partial charge in [-0.1, -0.05) is 35.2 Å². The van der Waals surface area contributed by atoms with Crippen molar-refractivity contribution in [3.8, 4) is 0 Å². The molecule has 1 fully saturated rings. The van der Waals surface area contributed by atoms with Gasteiger partial charge in [-0.25, -0.2) is 13.4 Å². The van der Waals surface area contributed by atoms with Crippen LogP contribution in [0, 0.1) is 0 Å². The van der Waals surface area contributed by atoms with E-state index in [1.54, 1.807) is 22.1 Å². The van der Waals surface area contributed by atoms with Gasteiger partial charge in [-0.15, -0.1) is 0 Å². The summed E-state index contributed by atoms with van der Waals surface area (Å²) in [5, 5.41) is 0.803. The fourth-order valence-corrected chi connectivity index (χ4v) is 4.87. The van der Waals surface area contributed by atoms with Crippen LogP contribution in [-0.4, -0.2) is 40.2 Å². The average molecular weight is 350 g/mol. The first kappa shape index (κ1) is 15.0.